The minimum absolute atomic E-state index is 0.489. The van der Waals surface area contributed by atoms with Gasteiger partial charge in [0.25, 0.3) is 0 Å². The molecule has 1 atom stereocenters. The fraction of sp³-hybridized carbons (Fsp3) is 0.545. The molecule has 0 amide bonds. The van der Waals surface area contributed by atoms with Crippen LogP contribution in [-0.2, 0) is 13.1 Å². The molecule has 0 bridgehead atoms. The molecule has 0 aromatic carbocycles. The molecule has 0 aliphatic heterocycles. The molecular formula is C11H17N5O. The minimum atomic E-state index is -0.489. The molecule has 6 nitrogen and oxygen atoms in total. The summed E-state index contributed by atoms with van der Waals surface area (Å²) >= 11 is 0. The average Bonchev–Trinajstić information content (AvgIpc) is 2.90. The standard InChI is InChI=1S/C11H17N5O/c1-3-4-16-11(12-8-14-16)7-15-6-10(5-13-15)9(2)17/h5-6,8-9,17H,3-4,7H2,1-2H3. The third-order valence-corrected chi connectivity index (χ3v) is 2.57. The Kier molecular flexibility index (Phi) is 3.53. The van der Waals surface area contributed by atoms with Crippen LogP contribution in [-0.4, -0.2) is 29.7 Å². The van der Waals surface area contributed by atoms with Crippen molar-refractivity contribution in [1.29, 1.82) is 0 Å². The first kappa shape index (κ1) is 11.8. The summed E-state index contributed by atoms with van der Waals surface area (Å²) in [7, 11) is 0. The zero-order valence-corrected chi connectivity index (χ0v) is 10.1. The molecule has 2 rings (SSSR count). The van der Waals surface area contributed by atoms with Crippen molar-refractivity contribution in [2.24, 2.45) is 0 Å². The van der Waals surface area contributed by atoms with Crippen LogP contribution in [0.2, 0.25) is 0 Å². The normalized spacial score (nSPS) is 12.9. The molecule has 2 aromatic rings. The highest BCUT2D eigenvalue weighted by molar-refractivity contribution is 5.07. The molecule has 0 fully saturated rings. The molecular weight excluding hydrogens is 218 g/mol. The lowest BCUT2D eigenvalue weighted by atomic mass is 10.2. The third kappa shape index (κ3) is 2.71. The van der Waals surface area contributed by atoms with Gasteiger partial charge in [-0.05, 0) is 13.3 Å². The number of aliphatic hydroxyl groups excluding tert-OH is 1. The van der Waals surface area contributed by atoms with Gasteiger partial charge in [0.15, 0.2) is 0 Å². The second kappa shape index (κ2) is 5.09. The molecule has 2 heterocycles. The SMILES string of the molecule is CCCn1ncnc1Cn1cc(C(C)O)cn1. The van der Waals surface area contributed by atoms with Crippen LogP contribution in [0.1, 0.15) is 37.8 Å². The molecule has 0 spiro atoms. The van der Waals surface area contributed by atoms with Crippen LogP contribution in [0.4, 0.5) is 0 Å². The van der Waals surface area contributed by atoms with Gasteiger partial charge in [0.05, 0.1) is 12.3 Å². The number of aryl methyl sites for hydroxylation is 1. The Morgan fingerprint density at radius 3 is 2.88 bits per heavy atom. The van der Waals surface area contributed by atoms with E-state index in [-0.39, 0.29) is 0 Å². The fourth-order valence-electron chi connectivity index (χ4n) is 1.64. The quantitative estimate of drug-likeness (QED) is 0.839. The summed E-state index contributed by atoms with van der Waals surface area (Å²) in [5.41, 5.74) is 0.812. The molecule has 92 valence electrons. The van der Waals surface area contributed by atoms with Crippen molar-refractivity contribution in [3.8, 4) is 0 Å². The fourth-order valence-corrected chi connectivity index (χ4v) is 1.64. The molecule has 1 N–H and O–H groups in total. The smallest absolute Gasteiger partial charge is 0.148 e. The van der Waals surface area contributed by atoms with Crippen LogP contribution >= 0.6 is 0 Å². The van der Waals surface area contributed by atoms with E-state index >= 15 is 0 Å². The Morgan fingerprint density at radius 1 is 1.41 bits per heavy atom. The third-order valence-electron chi connectivity index (χ3n) is 2.57. The Bertz CT molecular complexity index is 474. The number of rotatable bonds is 5. The number of hydrogen-bond donors (Lipinski definition) is 1. The zero-order valence-electron chi connectivity index (χ0n) is 10.1. The van der Waals surface area contributed by atoms with E-state index in [1.54, 1.807) is 24.1 Å². The van der Waals surface area contributed by atoms with Gasteiger partial charge in [0.1, 0.15) is 18.7 Å². The lowest BCUT2D eigenvalue weighted by molar-refractivity contribution is 0.199. The maximum absolute atomic E-state index is 9.42. The van der Waals surface area contributed by atoms with Crippen molar-refractivity contribution in [2.45, 2.75) is 39.5 Å². The van der Waals surface area contributed by atoms with E-state index in [1.165, 1.54) is 0 Å². The van der Waals surface area contributed by atoms with E-state index in [4.69, 9.17) is 0 Å². The number of nitrogens with zero attached hydrogens (tertiary/aromatic N) is 5. The van der Waals surface area contributed by atoms with Crippen LogP contribution in [0.3, 0.4) is 0 Å². The highest BCUT2D eigenvalue weighted by atomic mass is 16.3. The first-order valence-corrected chi connectivity index (χ1v) is 5.77. The van der Waals surface area contributed by atoms with E-state index < -0.39 is 6.10 Å². The van der Waals surface area contributed by atoms with Crippen molar-refractivity contribution in [2.75, 3.05) is 0 Å². The second-order valence-corrected chi connectivity index (χ2v) is 4.05. The van der Waals surface area contributed by atoms with Gasteiger partial charge in [-0.1, -0.05) is 6.92 Å². The number of aromatic nitrogens is 5. The molecule has 6 heteroatoms. The van der Waals surface area contributed by atoms with Gasteiger partial charge >= 0.3 is 0 Å². The molecule has 0 radical (unpaired) electrons. The van der Waals surface area contributed by atoms with E-state index in [2.05, 4.69) is 22.1 Å². The first-order chi connectivity index (χ1) is 8.20. The van der Waals surface area contributed by atoms with Gasteiger partial charge in [-0.25, -0.2) is 9.67 Å². The van der Waals surface area contributed by atoms with Crippen molar-refractivity contribution in [1.82, 2.24) is 24.5 Å². The number of aliphatic hydroxyl groups is 1. The van der Waals surface area contributed by atoms with Crippen LogP contribution in [0.5, 0.6) is 0 Å². The van der Waals surface area contributed by atoms with Crippen molar-refractivity contribution < 1.29 is 5.11 Å². The van der Waals surface area contributed by atoms with Crippen molar-refractivity contribution in [3.63, 3.8) is 0 Å². The lowest BCUT2D eigenvalue weighted by Gasteiger charge is -2.04. The van der Waals surface area contributed by atoms with Crippen molar-refractivity contribution in [3.05, 3.63) is 30.1 Å². The first-order valence-electron chi connectivity index (χ1n) is 5.77. The van der Waals surface area contributed by atoms with Gasteiger partial charge in [0.2, 0.25) is 0 Å². The maximum atomic E-state index is 9.42. The molecule has 0 saturated carbocycles. The summed E-state index contributed by atoms with van der Waals surface area (Å²) in [4.78, 5) is 4.21. The predicted molar refractivity (Wildman–Crippen MR) is 62.3 cm³/mol. The Hall–Kier alpha value is -1.69. The Labute approximate surface area is 99.9 Å². The van der Waals surface area contributed by atoms with Crippen LogP contribution in [0.15, 0.2) is 18.7 Å². The highest BCUT2D eigenvalue weighted by Gasteiger charge is 2.08. The van der Waals surface area contributed by atoms with Gasteiger partial charge < -0.3 is 5.11 Å². The topological polar surface area (TPSA) is 68.8 Å². The van der Waals surface area contributed by atoms with Gasteiger partial charge in [-0.15, -0.1) is 0 Å². The zero-order chi connectivity index (χ0) is 12.3. The van der Waals surface area contributed by atoms with Gasteiger partial charge in [-0.3, -0.25) is 4.68 Å². The molecule has 17 heavy (non-hydrogen) atoms. The molecule has 2 aromatic heterocycles. The second-order valence-electron chi connectivity index (χ2n) is 4.05. The minimum Gasteiger partial charge on any atom is -0.389 e. The average molecular weight is 235 g/mol. The summed E-state index contributed by atoms with van der Waals surface area (Å²) in [6, 6.07) is 0. The van der Waals surface area contributed by atoms with E-state index in [0.29, 0.717) is 6.54 Å². The summed E-state index contributed by atoms with van der Waals surface area (Å²) in [5.74, 6) is 0.882. The maximum Gasteiger partial charge on any atom is 0.148 e. The summed E-state index contributed by atoms with van der Waals surface area (Å²) in [6.07, 6.45) is 5.59. The predicted octanol–water partition coefficient (Wildman–Crippen LogP) is 0.986. The number of hydrogen-bond acceptors (Lipinski definition) is 4. The molecule has 1 unspecified atom stereocenters. The van der Waals surface area contributed by atoms with E-state index in [0.717, 1.165) is 24.4 Å². The van der Waals surface area contributed by atoms with Crippen LogP contribution in [0, 0.1) is 0 Å². The Balaban J connectivity index is 2.11. The van der Waals surface area contributed by atoms with Gasteiger partial charge in [0, 0.05) is 18.3 Å². The van der Waals surface area contributed by atoms with Gasteiger partial charge in [-0.2, -0.15) is 10.2 Å². The summed E-state index contributed by atoms with van der Waals surface area (Å²) in [6.45, 7) is 5.26. The van der Waals surface area contributed by atoms with Crippen molar-refractivity contribution >= 4 is 0 Å². The van der Waals surface area contributed by atoms with E-state index in [9.17, 15) is 5.11 Å². The van der Waals surface area contributed by atoms with Crippen LogP contribution in [0.25, 0.3) is 0 Å². The summed E-state index contributed by atoms with van der Waals surface area (Å²) in [5, 5.41) is 17.8. The largest absolute Gasteiger partial charge is 0.389 e. The molecule has 0 aliphatic rings. The van der Waals surface area contributed by atoms with Crippen LogP contribution < -0.4 is 0 Å². The Morgan fingerprint density at radius 2 is 2.24 bits per heavy atom. The summed E-state index contributed by atoms with van der Waals surface area (Å²) < 4.78 is 3.64. The molecule has 0 saturated heterocycles. The monoisotopic (exact) mass is 235 g/mol. The highest BCUT2D eigenvalue weighted by Crippen LogP contribution is 2.10. The van der Waals surface area contributed by atoms with E-state index in [1.807, 2.05) is 10.9 Å². The lowest BCUT2D eigenvalue weighted by Crippen LogP contribution is -2.10. The molecule has 0 aliphatic carbocycles.